The van der Waals surface area contributed by atoms with Gasteiger partial charge in [0, 0.05) is 23.7 Å². The summed E-state index contributed by atoms with van der Waals surface area (Å²) >= 11 is 0. The third-order valence-corrected chi connectivity index (χ3v) is 3.51. The normalized spacial score (nSPS) is 10.7. The number of carbonyl (C=O) groups is 1. The maximum absolute atomic E-state index is 12.5. The van der Waals surface area contributed by atoms with Gasteiger partial charge < -0.3 is 14.8 Å². The lowest BCUT2D eigenvalue weighted by Gasteiger charge is -2.14. The number of aromatic nitrogens is 2. The molecule has 23 heavy (non-hydrogen) atoms. The summed E-state index contributed by atoms with van der Waals surface area (Å²) < 4.78 is 12.4. The molecule has 0 saturated carbocycles. The van der Waals surface area contributed by atoms with Gasteiger partial charge in [-0.2, -0.15) is 5.10 Å². The maximum Gasteiger partial charge on any atom is 0.257 e. The van der Waals surface area contributed by atoms with Crippen LogP contribution >= 0.6 is 0 Å². The van der Waals surface area contributed by atoms with Crippen LogP contribution < -0.4 is 14.8 Å². The smallest absolute Gasteiger partial charge is 0.257 e. The number of benzene rings is 1. The van der Waals surface area contributed by atoms with Crippen molar-refractivity contribution in [3.8, 4) is 11.5 Å². The Labute approximate surface area is 136 Å². The molecule has 1 N–H and O–H groups in total. The van der Waals surface area contributed by atoms with Gasteiger partial charge in [-0.1, -0.05) is 13.8 Å². The van der Waals surface area contributed by atoms with E-state index in [4.69, 9.17) is 9.47 Å². The lowest BCUT2D eigenvalue weighted by atomic mass is 10.1. The SMILES string of the molecule is COc1cc(C(=O)Nc2ccnn2CC(C)C)cc(OC)c1C. The molecule has 0 bridgehead atoms. The Kier molecular flexibility index (Phi) is 5.26. The first-order chi connectivity index (χ1) is 11.0. The standard InChI is InChI=1S/C17H23N3O3/c1-11(2)10-20-16(6-7-18-20)19-17(21)13-8-14(22-4)12(3)15(9-13)23-5/h6-9,11H,10H2,1-5H3,(H,19,21). The molecule has 1 aromatic heterocycles. The second kappa shape index (κ2) is 7.17. The van der Waals surface area contributed by atoms with Crippen LogP contribution in [0.25, 0.3) is 0 Å². The van der Waals surface area contributed by atoms with E-state index in [1.54, 1.807) is 43.3 Å². The van der Waals surface area contributed by atoms with Crippen molar-refractivity contribution in [3.63, 3.8) is 0 Å². The van der Waals surface area contributed by atoms with Crippen LogP contribution in [0.15, 0.2) is 24.4 Å². The van der Waals surface area contributed by atoms with Gasteiger partial charge in [-0.3, -0.25) is 4.79 Å². The molecule has 2 rings (SSSR count). The van der Waals surface area contributed by atoms with Crippen LogP contribution in [0.1, 0.15) is 29.8 Å². The number of hydrogen-bond acceptors (Lipinski definition) is 4. The summed E-state index contributed by atoms with van der Waals surface area (Å²) in [6.45, 7) is 6.83. The summed E-state index contributed by atoms with van der Waals surface area (Å²) in [6.07, 6.45) is 1.67. The minimum Gasteiger partial charge on any atom is -0.496 e. The number of ether oxygens (including phenoxy) is 2. The molecule has 2 aromatic rings. The summed E-state index contributed by atoms with van der Waals surface area (Å²) in [5, 5.41) is 7.12. The van der Waals surface area contributed by atoms with E-state index in [2.05, 4.69) is 24.3 Å². The van der Waals surface area contributed by atoms with Crippen molar-refractivity contribution in [1.82, 2.24) is 9.78 Å². The predicted octanol–water partition coefficient (Wildman–Crippen LogP) is 3.12. The molecule has 0 atom stereocenters. The van der Waals surface area contributed by atoms with Crippen LogP contribution in [0.4, 0.5) is 5.82 Å². The third kappa shape index (κ3) is 3.83. The number of rotatable bonds is 6. The van der Waals surface area contributed by atoms with E-state index in [-0.39, 0.29) is 5.91 Å². The monoisotopic (exact) mass is 317 g/mol. The van der Waals surface area contributed by atoms with E-state index in [0.29, 0.717) is 28.8 Å². The van der Waals surface area contributed by atoms with Crippen LogP contribution in [-0.4, -0.2) is 29.9 Å². The number of nitrogens with one attached hydrogen (secondary N) is 1. The molecule has 6 nitrogen and oxygen atoms in total. The maximum atomic E-state index is 12.5. The Morgan fingerprint density at radius 1 is 1.26 bits per heavy atom. The highest BCUT2D eigenvalue weighted by molar-refractivity contribution is 6.04. The molecule has 6 heteroatoms. The molecule has 0 spiro atoms. The lowest BCUT2D eigenvalue weighted by Crippen LogP contribution is -2.17. The van der Waals surface area contributed by atoms with E-state index >= 15 is 0 Å². The van der Waals surface area contributed by atoms with Gasteiger partial charge in [-0.05, 0) is 25.0 Å². The Hall–Kier alpha value is -2.50. The average molecular weight is 317 g/mol. The van der Waals surface area contributed by atoms with E-state index in [9.17, 15) is 4.79 Å². The number of hydrogen-bond donors (Lipinski definition) is 1. The zero-order chi connectivity index (χ0) is 17.0. The highest BCUT2D eigenvalue weighted by Gasteiger charge is 2.15. The highest BCUT2D eigenvalue weighted by Crippen LogP contribution is 2.29. The van der Waals surface area contributed by atoms with E-state index in [0.717, 1.165) is 12.1 Å². The largest absolute Gasteiger partial charge is 0.496 e. The van der Waals surface area contributed by atoms with Crippen molar-refractivity contribution < 1.29 is 14.3 Å². The van der Waals surface area contributed by atoms with Crippen molar-refractivity contribution in [2.24, 2.45) is 5.92 Å². The fourth-order valence-electron chi connectivity index (χ4n) is 2.34. The summed E-state index contributed by atoms with van der Waals surface area (Å²) in [4.78, 5) is 12.5. The zero-order valence-corrected chi connectivity index (χ0v) is 14.2. The molecule has 124 valence electrons. The molecule has 0 radical (unpaired) electrons. The highest BCUT2D eigenvalue weighted by atomic mass is 16.5. The molecular formula is C17H23N3O3. The number of amides is 1. The number of anilines is 1. The van der Waals surface area contributed by atoms with E-state index in [1.807, 2.05) is 6.92 Å². The van der Waals surface area contributed by atoms with Gasteiger partial charge in [-0.15, -0.1) is 0 Å². The molecule has 0 unspecified atom stereocenters. The second-order valence-electron chi connectivity index (χ2n) is 5.75. The van der Waals surface area contributed by atoms with E-state index < -0.39 is 0 Å². The average Bonchev–Trinajstić information content (AvgIpc) is 2.93. The third-order valence-electron chi connectivity index (χ3n) is 3.51. The molecular weight excluding hydrogens is 294 g/mol. The second-order valence-corrected chi connectivity index (χ2v) is 5.75. The minimum absolute atomic E-state index is 0.230. The molecule has 1 aromatic carbocycles. The first kappa shape index (κ1) is 16.9. The van der Waals surface area contributed by atoms with Crippen molar-refractivity contribution in [1.29, 1.82) is 0 Å². The van der Waals surface area contributed by atoms with Crippen LogP contribution in [0.2, 0.25) is 0 Å². The van der Waals surface area contributed by atoms with Crippen molar-refractivity contribution >= 4 is 11.7 Å². The Balaban J connectivity index is 2.26. The molecule has 1 heterocycles. The Morgan fingerprint density at radius 2 is 1.87 bits per heavy atom. The Bertz CT molecular complexity index is 667. The van der Waals surface area contributed by atoms with Crippen LogP contribution in [0.5, 0.6) is 11.5 Å². The summed E-state index contributed by atoms with van der Waals surface area (Å²) in [5.74, 6) is 2.11. The number of nitrogens with zero attached hydrogens (tertiary/aromatic N) is 2. The van der Waals surface area contributed by atoms with Crippen molar-refractivity contribution in [3.05, 3.63) is 35.5 Å². The van der Waals surface area contributed by atoms with Crippen LogP contribution in [-0.2, 0) is 6.54 Å². The van der Waals surface area contributed by atoms with Gasteiger partial charge in [0.1, 0.15) is 17.3 Å². The van der Waals surface area contributed by atoms with Gasteiger partial charge in [-0.25, -0.2) is 4.68 Å². The van der Waals surface area contributed by atoms with Crippen molar-refractivity contribution in [2.75, 3.05) is 19.5 Å². The topological polar surface area (TPSA) is 65.4 Å². The molecule has 0 aliphatic rings. The molecule has 1 amide bonds. The summed E-state index contributed by atoms with van der Waals surface area (Å²) in [6, 6.07) is 5.19. The quantitative estimate of drug-likeness (QED) is 0.889. The van der Waals surface area contributed by atoms with Gasteiger partial charge in [0.2, 0.25) is 0 Å². The predicted molar refractivity (Wildman–Crippen MR) is 89.3 cm³/mol. The fraction of sp³-hybridized carbons (Fsp3) is 0.412. The first-order valence-electron chi connectivity index (χ1n) is 7.52. The molecule has 0 saturated heterocycles. The Morgan fingerprint density at radius 3 is 2.39 bits per heavy atom. The number of carbonyl (C=O) groups excluding carboxylic acids is 1. The summed E-state index contributed by atoms with van der Waals surface area (Å²) in [7, 11) is 3.14. The minimum atomic E-state index is -0.230. The fourth-order valence-corrected chi connectivity index (χ4v) is 2.34. The first-order valence-corrected chi connectivity index (χ1v) is 7.52. The van der Waals surface area contributed by atoms with Gasteiger partial charge in [0.05, 0.1) is 20.4 Å². The number of methoxy groups -OCH3 is 2. The van der Waals surface area contributed by atoms with Gasteiger partial charge in [0.15, 0.2) is 0 Å². The molecule has 0 aliphatic heterocycles. The summed E-state index contributed by atoms with van der Waals surface area (Å²) in [5.41, 5.74) is 1.33. The molecule has 0 aliphatic carbocycles. The van der Waals surface area contributed by atoms with E-state index in [1.165, 1.54) is 0 Å². The van der Waals surface area contributed by atoms with Crippen LogP contribution in [0, 0.1) is 12.8 Å². The van der Waals surface area contributed by atoms with Gasteiger partial charge in [0.25, 0.3) is 5.91 Å². The zero-order valence-electron chi connectivity index (χ0n) is 14.2. The molecule has 0 fully saturated rings. The van der Waals surface area contributed by atoms with Crippen LogP contribution in [0.3, 0.4) is 0 Å². The van der Waals surface area contributed by atoms with Gasteiger partial charge >= 0.3 is 0 Å². The lowest BCUT2D eigenvalue weighted by molar-refractivity contribution is 0.102. The van der Waals surface area contributed by atoms with Crippen molar-refractivity contribution in [2.45, 2.75) is 27.3 Å².